The van der Waals surface area contributed by atoms with Crippen LogP contribution in [0.25, 0.3) is 0 Å². The second-order valence-corrected chi connectivity index (χ2v) is 16.7. The standard InChI is InChI=1S/C46H78NO9P/c1-6-8-10-11-12-13-14-15-16-17-20-23-26-29-33-37-45(49)53-41-44(42-55-57(51,52)54-40-39-47(3,4)5)56-46(50)38-34-30-27-24-21-18-19-22-25-28-32-36-43(48)35-31-9-7-2/h12-13,15-16,18-20,23-25,27-28,32,36,43-44,48H,6-11,14,17,21-22,26,29-31,33-35,37-42H2,1-5H3/p+1/b13-12-,16-15-,19-18-,23-20-,27-24-,28-25-,36-32+/t43-,44+/m0/s1. The van der Waals surface area contributed by atoms with E-state index in [1.807, 2.05) is 57.6 Å². The van der Waals surface area contributed by atoms with Crippen LogP contribution < -0.4 is 0 Å². The number of quaternary nitrogens is 1. The second kappa shape index (κ2) is 37.4. The average molecular weight is 821 g/mol. The first-order valence-corrected chi connectivity index (χ1v) is 22.9. The van der Waals surface area contributed by atoms with E-state index in [0.717, 1.165) is 70.6 Å². The third kappa shape index (κ3) is 41.1. The van der Waals surface area contributed by atoms with Crippen LogP contribution in [0, 0.1) is 0 Å². The predicted molar refractivity (Wildman–Crippen MR) is 235 cm³/mol. The average Bonchev–Trinajstić information content (AvgIpc) is 3.15. The van der Waals surface area contributed by atoms with Gasteiger partial charge < -0.3 is 24.0 Å². The Balaban J connectivity index is 4.61. The van der Waals surface area contributed by atoms with Crippen LogP contribution in [0.15, 0.2) is 85.1 Å². The SMILES string of the molecule is CCCCC/C=C\C/C=C\C/C=C\CCCCC(=O)OC[C@H](COP(=O)(O)OCC[N+](C)(C)C)OC(=O)CCC/C=C\C/C=C\C/C=C\C=C\[C@@H](O)CCCCC. The minimum absolute atomic E-state index is 0.00247. The number of ether oxygens (including phenoxy) is 2. The summed E-state index contributed by atoms with van der Waals surface area (Å²) in [6.45, 7) is 4.11. The molecule has 0 saturated heterocycles. The number of allylic oxidation sites excluding steroid dienone is 13. The second-order valence-electron chi connectivity index (χ2n) is 15.2. The Morgan fingerprint density at radius 1 is 0.632 bits per heavy atom. The molecule has 0 aromatic rings. The van der Waals surface area contributed by atoms with Gasteiger partial charge in [-0.15, -0.1) is 0 Å². The number of phosphoric ester groups is 1. The van der Waals surface area contributed by atoms with E-state index in [1.54, 1.807) is 0 Å². The van der Waals surface area contributed by atoms with Crippen LogP contribution in [-0.4, -0.2) is 86.1 Å². The number of rotatable bonds is 37. The number of hydrogen-bond donors (Lipinski definition) is 2. The lowest BCUT2D eigenvalue weighted by atomic mass is 10.1. The van der Waals surface area contributed by atoms with E-state index in [2.05, 4.69) is 62.5 Å². The van der Waals surface area contributed by atoms with Crippen molar-refractivity contribution in [2.24, 2.45) is 0 Å². The normalized spacial score (nSPS) is 15.0. The molecule has 0 radical (unpaired) electrons. The van der Waals surface area contributed by atoms with E-state index in [1.165, 1.54) is 19.3 Å². The van der Waals surface area contributed by atoms with E-state index >= 15 is 0 Å². The highest BCUT2D eigenvalue weighted by Crippen LogP contribution is 2.43. The first-order valence-electron chi connectivity index (χ1n) is 21.4. The fourth-order valence-corrected chi connectivity index (χ4v) is 5.80. The molecule has 0 aromatic heterocycles. The lowest BCUT2D eigenvalue weighted by Crippen LogP contribution is -2.37. The quantitative estimate of drug-likeness (QED) is 0.0157. The summed E-state index contributed by atoms with van der Waals surface area (Å²) in [5.74, 6) is -0.946. The van der Waals surface area contributed by atoms with Crippen molar-refractivity contribution in [1.82, 2.24) is 0 Å². The Bertz CT molecular complexity index is 1260. The highest BCUT2D eigenvalue weighted by Gasteiger charge is 2.27. The van der Waals surface area contributed by atoms with Crippen LogP contribution in [0.4, 0.5) is 0 Å². The molecular formula is C46H79NO9P+. The molecule has 3 atom stereocenters. The smallest absolute Gasteiger partial charge is 0.462 e. The molecule has 11 heteroatoms. The molecule has 2 N–H and O–H groups in total. The van der Waals surface area contributed by atoms with Gasteiger partial charge in [0.25, 0.3) is 0 Å². The maximum Gasteiger partial charge on any atom is 0.472 e. The number of likely N-dealkylation sites (N-methyl/N-ethyl adjacent to an activating group) is 1. The van der Waals surface area contributed by atoms with Crippen molar-refractivity contribution in [3.05, 3.63) is 85.1 Å². The van der Waals surface area contributed by atoms with Gasteiger partial charge in [0, 0.05) is 12.8 Å². The third-order valence-electron chi connectivity index (χ3n) is 8.50. The van der Waals surface area contributed by atoms with Gasteiger partial charge in [0.15, 0.2) is 6.10 Å². The van der Waals surface area contributed by atoms with E-state index in [-0.39, 0.29) is 32.2 Å². The third-order valence-corrected chi connectivity index (χ3v) is 9.49. The lowest BCUT2D eigenvalue weighted by molar-refractivity contribution is -0.870. The Labute approximate surface area is 346 Å². The maximum absolute atomic E-state index is 12.7. The van der Waals surface area contributed by atoms with E-state index < -0.39 is 32.5 Å². The fourth-order valence-electron chi connectivity index (χ4n) is 5.06. The van der Waals surface area contributed by atoms with Crippen molar-refractivity contribution in [1.29, 1.82) is 0 Å². The molecule has 0 bridgehead atoms. The van der Waals surface area contributed by atoms with Crippen molar-refractivity contribution in [3.8, 4) is 0 Å². The van der Waals surface area contributed by atoms with Gasteiger partial charge in [0.2, 0.25) is 0 Å². The largest absolute Gasteiger partial charge is 0.472 e. The summed E-state index contributed by atoms with van der Waals surface area (Å²) in [5, 5.41) is 9.91. The van der Waals surface area contributed by atoms with Gasteiger partial charge in [0.05, 0.1) is 33.9 Å². The molecule has 0 fully saturated rings. The Hall–Kier alpha value is -2.85. The molecule has 0 rings (SSSR count). The number of hydrogen-bond acceptors (Lipinski definition) is 8. The number of aliphatic hydroxyl groups is 1. The molecule has 326 valence electrons. The van der Waals surface area contributed by atoms with Gasteiger partial charge in [-0.1, -0.05) is 131 Å². The van der Waals surface area contributed by atoms with Crippen LogP contribution in [-0.2, 0) is 32.7 Å². The zero-order chi connectivity index (χ0) is 42.3. The zero-order valence-electron chi connectivity index (χ0n) is 36.1. The van der Waals surface area contributed by atoms with Gasteiger partial charge in [-0.05, 0) is 77.0 Å². The first-order chi connectivity index (χ1) is 27.4. The number of carbonyl (C=O) groups excluding carboxylic acids is 2. The van der Waals surface area contributed by atoms with Crippen LogP contribution in [0.3, 0.4) is 0 Å². The van der Waals surface area contributed by atoms with Crippen LogP contribution >= 0.6 is 7.82 Å². The molecule has 0 heterocycles. The number of phosphoric acid groups is 1. The molecule has 0 aromatic carbocycles. The number of unbranched alkanes of at least 4 members (excludes halogenated alkanes) is 8. The summed E-state index contributed by atoms with van der Waals surface area (Å²) < 4.78 is 34.1. The summed E-state index contributed by atoms with van der Waals surface area (Å²) in [7, 11) is 1.38. The molecule has 0 amide bonds. The molecule has 57 heavy (non-hydrogen) atoms. The van der Waals surface area contributed by atoms with Gasteiger partial charge in [-0.25, -0.2) is 4.57 Å². The summed E-state index contributed by atoms with van der Waals surface area (Å²) in [6.07, 6.45) is 44.0. The first kappa shape index (κ1) is 54.2. The van der Waals surface area contributed by atoms with E-state index in [9.17, 15) is 24.2 Å². The number of esters is 2. The summed E-state index contributed by atoms with van der Waals surface area (Å²) >= 11 is 0. The molecule has 0 saturated carbocycles. The fraction of sp³-hybridized carbons (Fsp3) is 0.652. The zero-order valence-corrected chi connectivity index (χ0v) is 37.0. The maximum atomic E-state index is 12.7. The number of nitrogens with zero attached hydrogens (tertiary/aromatic N) is 1. The van der Waals surface area contributed by atoms with Gasteiger partial charge in [-0.2, -0.15) is 0 Å². The predicted octanol–water partition coefficient (Wildman–Crippen LogP) is 11.0. The molecule has 1 unspecified atom stereocenters. The minimum atomic E-state index is -4.41. The van der Waals surface area contributed by atoms with Crippen LogP contribution in [0.2, 0.25) is 0 Å². The van der Waals surface area contributed by atoms with Crippen LogP contribution in [0.1, 0.15) is 136 Å². The minimum Gasteiger partial charge on any atom is -0.462 e. The van der Waals surface area contributed by atoms with Crippen molar-refractivity contribution < 1.29 is 47.2 Å². The Morgan fingerprint density at radius 2 is 1.16 bits per heavy atom. The molecule has 0 aliphatic carbocycles. The van der Waals surface area contributed by atoms with Gasteiger partial charge in [-0.3, -0.25) is 18.6 Å². The molecule has 10 nitrogen and oxygen atoms in total. The van der Waals surface area contributed by atoms with Crippen molar-refractivity contribution in [3.63, 3.8) is 0 Å². The van der Waals surface area contributed by atoms with Gasteiger partial charge in [0.1, 0.15) is 19.8 Å². The molecule has 0 aliphatic rings. The number of aliphatic hydroxyl groups excluding tert-OH is 1. The topological polar surface area (TPSA) is 129 Å². The molecular weight excluding hydrogens is 741 g/mol. The van der Waals surface area contributed by atoms with Crippen molar-refractivity contribution >= 4 is 19.8 Å². The molecule has 0 spiro atoms. The Morgan fingerprint density at radius 3 is 1.75 bits per heavy atom. The molecule has 0 aliphatic heterocycles. The highest BCUT2D eigenvalue weighted by atomic mass is 31.2. The Kier molecular flexibility index (Phi) is 35.6. The highest BCUT2D eigenvalue weighted by molar-refractivity contribution is 7.47. The summed E-state index contributed by atoms with van der Waals surface area (Å²) in [4.78, 5) is 35.3. The van der Waals surface area contributed by atoms with Crippen molar-refractivity contribution in [2.45, 2.75) is 148 Å². The van der Waals surface area contributed by atoms with E-state index in [0.29, 0.717) is 30.3 Å². The van der Waals surface area contributed by atoms with E-state index in [4.69, 9.17) is 18.5 Å². The van der Waals surface area contributed by atoms with Gasteiger partial charge >= 0.3 is 19.8 Å². The monoisotopic (exact) mass is 821 g/mol. The number of carbonyl (C=O) groups is 2. The summed E-state index contributed by atoms with van der Waals surface area (Å²) in [6, 6.07) is 0. The lowest BCUT2D eigenvalue weighted by Gasteiger charge is -2.24. The summed E-state index contributed by atoms with van der Waals surface area (Å²) in [5.41, 5.74) is 0. The van der Waals surface area contributed by atoms with Crippen molar-refractivity contribution in [2.75, 3.05) is 47.5 Å². The van der Waals surface area contributed by atoms with Crippen LogP contribution in [0.5, 0.6) is 0 Å².